The first-order valence-corrected chi connectivity index (χ1v) is 11.4. The van der Waals surface area contributed by atoms with Crippen molar-refractivity contribution in [1.82, 2.24) is 5.01 Å². The Hall–Kier alpha value is -3.81. The van der Waals surface area contributed by atoms with Crippen LogP contribution in [0.5, 0.6) is 17.2 Å². The van der Waals surface area contributed by atoms with E-state index in [1.807, 2.05) is 55.4 Å². The van der Waals surface area contributed by atoms with E-state index in [-0.39, 0.29) is 42.3 Å². The highest BCUT2D eigenvalue weighted by molar-refractivity contribution is 6.07. The van der Waals surface area contributed by atoms with Gasteiger partial charge in [-0.05, 0) is 48.1 Å². The second kappa shape index (κ2) is 7.90. The predicted octanol–water partition coefficient (Wildman–Crippen LogP) is 3.20. The highest BCUT2D eigenvalue weighted by Gasteiger charge is 2.59. The third-order valence-corrected chi connectivity index (χ3v) is 7.10. The average molecular weight is 460 g/mol. The van der Waals surface area contributed by atoms with Crippen LogP contribution in [0.3, 0.4) is 0 Å². The summed E-state index contributed by atoms with van der Waals surface area (Å²) in [6, 6.07) is 11.4. The van der Waals surface area contributed by atoms with Crippen LogP contribution in [0.1, 0.15) is 17.5 Å². The van der Waals surface area contributed by atoms with E-state index >= 15 is 0 Å². The van der Waals surface area contributed by atoms with Gasteiger partial charge in [-0.3, -0.25) is 9.59 Å². The number of fused-ring (bicyclic) bond motifs is 6. The van der Waals surface area contributed by atoms with Crippen molar-refractivity contribution in [2.75, 3.05) is 25.8 Å². The van der Waals surface area contributed by atoms with Crippen molar-refractivity contribution in [2.45, 2.75) is 13.0 Å². The van der Waals surface area contributed by atoms with Crippen LogP contribution >= 0.6 is 0 Å². The molecule has 4 atom stereocenters. The summed E-state index contributed by atoms with van der Waals surface area (Å²) in [6.45, 7) is 0.535. The van der Waals surface area contributed by atoms with Crippen LogP contribution < -0.4 is 19.1 Å². The summed E-state index contributed by atoms with van der Waals surface area (Å²) in [7, 11) is 3.90. The Labute approximate surface area is 197 Å². The number of carbonyl (C=O) groups is 2. The molecule has 6 rings (SSSR count). The van der Waals surface area contributed by atoms with Crippen molar-refractivity contribution in [3.63, 3.8) is 0 Å². The van der Waals surface area contributed by atoms with E-state index in [1.165, 1.54) is 0 Å². The quantitative estimate of drug-likeness (QED) is 0.375. The fourth-order valence-corrected chi connectivity index (χ4v) is 5.35. The fourth-order valence-electron chi connectivity index (χ4n) is 5.35. The van der Waals surface area contributed by atoms with E-state index < -0.39 is 0 Å². The number of hydrogen-bond donors (Lipinski definition) is 0. The number of benzene rings is 2. The first-order chi connectivity index (χ1) is 16.5. The van der Waals surface area contributed by atoms with E-state index in [0.717, 1.165) is 28.4 Å². The summed E-state index contributed by atoms with van der Waals surface area (Å²) in [4.78, 5) is 27.9. The van der Waals surface area contributed by atoms with Crippen LogP contribution in [-0.4, -0.2) is 43.9 Å². The SMILES string of the molecule is CN(C)c1ccc(C=NN2C(=O)C3C4C=CC(C4)C3C2=O)c(OCc2ccc3c(c2)OCO3)c1. The largest absolute Gasteiger partial charge is 0.488 e. The number of allylic oxidation sites excluding steroid dienone is 2. The van der Waals surface area contributed by atoms with Crippen molar-refractivity contribution in [3.05, 3.63) is 59.7 Å². The van der Waals surface area contributed by atoms with Gasteiger partial charge >= 0.3 is 0 Å². The van der Waals surface area contributed by atoms with Gasteiger partial charge < -0.3 is 19.1 Å². The molecule has 2 fully saturated rings. The van der Waals surface area contributed by atoms with Gasteiger partial charge in [-0.2, -0.15) is 10.1 Å². The molecular weight excluding hydrogens is 434 g/mol. The number of hydrogen-bond acceptors (Lipinski definition) is 7. The second-order valence-electron chi connectivity index (χ2n) is 9.33. The Bertz CT molecular complexity index is 1210. The number of imide groups is 1. The monoisotopic (exact) mass is 459 g/mol. The topological polar surface area (TPSA) is 80.7 Å². The number of rotatable bonds is 6. The lowest BCUT2D eigenvalue weighted by Crippen LogP contribution is -2.28. The Balaban J connectivity index is 1.24. The molecule has 1 saturated carbocycles. The average Bonchev–Trinajstić information content (AvgIpc) is 3.61. The number of carbonyl (C=O) groups excluding carboxylic acids is 2. The van der Waals surface area contributed by atoms with Gasteiger partial charge in [0.05, 0.1) is 18.1 Å². The van der Waals surface area contributed by atoms with Crippen molar-refractivity contribution in [1.29, 1.82) is 0 Å². The second-order valence-corrected chi connectivity index (χ2v) is 9.33. The Kier molecular flexibility index (Phi) is 4.83. The van der Waals surface area contributed by atoms with Gasteiger partial charge in [0, 0.05) is 31.4 Å². The molecule has 174 valence electrons. The maximum atomic E-state index is 12.9. The molecule has 2 amide bonds. The molecular formula is C26H25N3O5. The van der Waals surface area contributed by atoms with Crippen LogP contribution in [0.15, 0.2) is 53.7 Å². The van der Waals surface area contributed by atoms with Gasteiger partial charge in [-0.25, -0.2) is 0 Å². The lowest BCUT2D eigenvalue weighted by atomic mass is 9.85. The minimum atomic E-state index is -0.266. The first kappa shape index (κ1) is 20.8. The number of ether oxygens (including phenoxy) is 3. The molecule has 8 heteroatoms. The van der Waals surface area contributed by atoms with Crippen molar-refractivity contribution < 1.29 is 23.8 Å². The predicted molar refractivity (Wildman–Crippen MR) is 125 cm³/mol. The van der Waals surface area contributed by atoms with Gasteiger partial charge in [0.2, 0.25) is 6.79 Å². The molecule has 2 aliphatic heterocycles. The number of nitrogens with zero attached hydrogens (tertiary/aromatic N) is 3. The lowest BCUT2D eigenvalue weighted by Gasteiger charge is -2.17. The standard InChI is InChI=1S/C26H25N3O5/c1-28(2)19-7-6-18(21(11-19)32-13-15-3-8-20-22(9-15)34-14-33-20)12-27-29-25(30)23-16-4-5-17(10-16)24(23)26(29)31/h3-9,11-12,16-17,23-24H,10,13-14H2,1-2H3. The van der Waals surface area contributed by atoms with Gasteiger partial charge in [0.25, 0.3) is 11.8 Å². The van der Waals surface area contributed by atoms with Gasteiger partial charge in [0.1, 0.15) is 12.4 Å². The molecule has 2 aromatic rings. The summed E-state index contributed by atoms with van der Waals surface area (Å²) >= 11 is 0. The molecule has 8 nitrogen and oxygen atoms in total. The maximum absolute atomic E-state index is 12.9. The molecule has 2 bridgehead atoms. The minimum Gasteiger partial charge on any atom is -0.488 e. The molecule has 0 radical (unpaired) electrons. The molecule has 4 aliphatic rings. The molecule has 0 aromatic heterocycles. The number of hydrazone groups is 1. The zero-order chi connectivity index (χ0) is 23.4. The van der Waals surface area contributed by atoms with Crippen LogP contribution in [0.4, 0.5) is 5.69 Å². The fraction of sp³-hybridized carbons (Fsp3) is 0.346. The van der Waals surface area contributed by atoms with E-state index in [4.69, 9.17) is 14.2 Å². The summed E-state index contributed by atoms with van der Waals surface area (Å²) < 4.78 is 17.0. The zero-order valence-electron chi connectivity index (χ0n) is 19.0. The zero-order valence-corrected chi connectivity index (χ0v) is 19.0. The maximum Gasteiger partial charge on any atom is 0.254 e. The normalized spacial score (nSPS) is 26.1. The van der Waals surface area contributed by atoms with E-state index in [1.54, 1.807) is 6.21 Å². The molecule has 0 N–H and O–H groups in total. The smallest absolute Gasteiger partial charge is 0.254 e. The van der Waals surface area contributed by atoms with Crippen molar-refractivity contribution in [3.8, 4) is 17.2 Å². The molecule has 2 aromatic carbocycles. The summed E-state index contributed by atoms with van der Waals surface area (Å²) in [5.74, 6) is 1.41. The summed E-state index contributed by atoms with van der Waals surface area (Å²) in [5.41, 5.74) is 2.58. The Morgan fingerprint density at radius 1 is 1.03 bits per heavy atom. The lowest BCUT2D eigenvalue weighted by molar-refractivity contribution is -0.140. The van der Waals surface area contributed by atoms with Gasteiger partial charge in [-0.1, -0.05) is 18.2 Å². The van der Waals surface area contributed by atoms with Crippen molar-refractivity contribution in [2.24, 2.45) is 28.8 Å². The third-order valence-electron chi connectivity index (χ3n) is 7.10. The Morgan fingerprint density at radius 3 is 2.50 bits per heavy atom. The molecule has 2 aliphatic carbocycles. The van der Waals surface area contributed by atoms with E-state index in [0.29, 0.717) is 23.7 Å². The van der Waals surface area contributed by atoms with Crippen LogP contribution in [0.25, 0.3) is 0 Å². The van der Waals surface area contributed by atoms with Crippen LogP contribution in [-0.2, 0) is 16.2 Å². The van der Waals surface area contributed by atoms with E-state index in [2.05, 4.69) is 17.3 Å². The van der Waals surface area contributed by atoms with Crippen LogP contribution in [0.2, 0.25) is 0 Å². The summed E-state index contributed by atoms with van der Waals surface area (Å²) in [5, 5.41) is 5.38. The number of anilines is 1. The molecule has 0 spiro atoms. The molecule has 1 saturated heterocycles. The highest BCUT2D eigenvalue weighted by Crippen LogP contribution is 2.52. The highest BCUT2D eigenvalue weighted by atomic mass is 16.7. The van der Waals surface area contributed by atoms with Crippen molar-refractivity contribution >= 4 is 23.7 Å². The van der Waals surface area contributed by atoms with E-state index in [9.17, 15) is 9.59 Å². The van der Waals surface area contributed by atoms with Gasteiger partial charge in [-0.15, -0.1) is 0 Å². The van der Waals surface area contributed by atoms with Gasteiger partial charge in [0.15, 0.2) is 11.5 Å². The number of amides is 2. The minimum absolute atomic E-state index is 0.159. The third kappa shape index (κ3) is 3.32. The molecule has 4 unspecified atom stereocenters. The van der Waals surface area contributed by atoms with Crippen LogP contribution in [0, 0.1) is 23.7 Å². The first-order valence-electron chi connectivity index (χ1n) is 11.4. The molecule has 2 heterocycles. The summed E-state index contributed by atoms with van der Waals surface area (Å²) in [6.07, 6.45) is 6.59. The molecule has 34 heavy (non-hydrogen) atoms. The Morgan fingerprint density at radius 2 is 1.76 bits per heavy atom.